The molecule has 4 aliphatic rings. The Morgan fingerprint density at radius 1 is 0.938 bits per heavy atom. The van der Waals surface area contributed by atoms with Crippen molar-refractivity contribution in [2.75, 3.05) is 52.8 Å². The van der Waals surface area contributed by atoms with Gasteiger partial charge >= 0.3 is 51.4 Å². The largest absolute Gasteiger partial charge is 1.00 e. The zero-order valence-corrected chi connectivity index (χ0v) is 31.0. The van der Waals surface area contributed by atoms with E-state index < -0.39 is 113 Å². The van der Waals surface area contributed by atoms with Crippen LogP contribution in [0.5, 0.6) is 0 Å². The standard InChI is InChI=1S/C26H47N2O18P.K/c1-12-14(31)9-15(32)24(41-12)45-23-20(34)21-17(11-40-47(35,36)46-21)43-26(23)44-22-18(28-13(2)30)25(42-16(10-29)19(22)33)39-8-7-38-6-5-37-4-3-27;/h12,14-26,29,31-34H,3-11,27H2,1-2H3,(H,28,30)(H,35,36);/q;+1/p-1/t12-,14-,15-,16+,17+,18+,19+,20-,21-,22+,23+,24-,25+,26-;/m0./s1. The van der Waals surface area contributed by atoms with Gasteiger partial charge in [-0.25, -0.2) is 0 Å². The SMILES string of the molecule is CC(=O)N[C@H]1[C@H](OCCOCCOCCN)O[C@H](CO)[C@@H](O)[C@@H]1O[C@@H]1O[C@@H]2COP(=O)([O-])O[C@@H]2[C@H](O)[C@H]1O[C@@H]1O[C@@H](C)[C@@H](O)C[C@@H]1O.[K+]. The Bertz CT molecular complexity index is 1040. The first-order valence-corrected chi connectivity index (χ1v) is 16.8. The van der Waals surface area contributed by atoms with E-state index in [-0.39, 0.29) is 77.6 Å². The van der Waals surface area contributed by atoms with E-state index in [4.69, 9.17) is 52.7 Å². The van der Waals surface area contributed by atoms with Crippen LogP contribution in [0.4, 0.5) is 0 Å². The van der Waals surface area contributed by atoms with Crippen LogP contribution >= 0.6 is 7.82 Å². The van der Waals surface area contributed by atoms with Crippen molar-refractivity contribution in [2.45, 2.75) is 106 Å². The van der Waals surface area contributed by atoms with Crippen LogP contribution in [0.2, 0.25) is 0 Å². The van der Waals surface area contributed by atoms with Gasteiger partial charge in [-0.15, -0.1) is 0 Å². The first-order chi connectivity index (χ1) is 22.3. The van der Waals surface area contributed by atoms with Crippen LogP contribution in [0.1, 0.15) is 20.3 Å². The number of nitrogens with two attached hydrogens (primary N) is 1. The molecule has 0 aromatic heterocycles. The number of nitrogens with one attached hydrogen (secondary N) is 1. The minimum Gasteiger partial charge on any atom is -0.756 e. The predicted octanol–water partition coefficient (Wildman–Crippen LogP) is -7.82. The van der Waals surface area contributed by atoms with Crippen LogP contribution in [0.3, 0.4) is 0 Å². The van der Waals surface area contributed by atoms with Crippen molar-refractivity contribution in [3.63, 3.8) is 0 Å². The van der Waals surface area contributed by atoms with Crippen LogP contribution in [0, 0.1) is 0 Å². The number of hydrogen-bond donors (Lipinski definition) is 7. The molecule has 0 aliphatic carbocycles. The zero-order chi connectivity index (χ0) is 34.3. The van der Waals surface area contributed by atoms with E-state index in [9.17, 15) is 39.8 Å². The van der Waals surface area contributed by atoms with Crippen molar-refractivity contribution >= 4 is 13.7 Å². The van der Waals surface area contributed by atoms with Gasteiger partial charge in [-0.3, -0.25) is 9.36 Å². The van der Waals surface area contributed by atoms with Gasteiger partial charge in [0.2, 0.25) is 5.91 Å². The molecule has 1 unspecified atom stereocenters. The first-order valence-electron chi connectivity index (χ1n) is 15.3. The number of hydrogen-bond acceptors (Lipinski definition) is 19. The van der Waals surface area contributed by atoms with E-state index >= 15 is 0 Å². The van der Waals surface area contributed by atoms with E-state index in [0.717, 1.165) is 0 Å². The van der Waals surface area contributed by atoms with Gasteiger partial charge in [0.1, 0.15) is 54.9 Å². The van der Waals surface area contributed by atoms with Crippen molar-refractivity contribution in [3.05, 3.63) is 0 Å². The number of carbonyl (C=O) groups is 1. The second kappa shape index (κ2) is 20.2. The number of amides is 1. The molecule has 4 aliphatic heterocycles. The molecule has 4 fully saturated rings. The van der Waals surface area contributed by atoms with Crippen LogP contribution in [0.15, 0.2) is 0 Å². The van der Waals surface area contributed by atoms with E-state index in [2.05, 4.69) is 5.32 Å². The topological polar surface area (TPSA) is 289 Å². The average Bonchev–Trinajstić information content (AvgIpc) is 3.01. The molecule has 0 aromatic carbocycles. The fraction of sp³-hybridized carbons (Fsp3) is 0.962. The number of phosphoric acid groups is 1. The molecule has 0 bridgehead atoms. The fourth-order valence-electron chi connectivity index (χ4n) is 5.52. The maximum Gasteiger partial charge on any atom is 1.00 e. The molecule has 22 heteroatoms. The summed E-state index contributed by atoms with van der Waals surface area (Å²) in [6.45, 7) is 2.85. The summed E-state index contributed by atoms with van der Waals surface area (Å²) in [6, 6.07) is -1.23. The molecular weight excluding hydrogens is 698 g/mol. The summed E-state index contributed by atoms with van der Waals surface area (Å²) in [5, 5.41) is 55.8. The number of rotatable bonds is 15. The minimum atomic E-state index is -4.82. The smallest absolute Gasteiger partial charge is 0.756 e. The molecule has 15 atom stereocenters. The van der Waals surface area contributed by atoms with E-state index in [1.165, 1.54) is 13.8 Å². The van der Waals surface area contributed by atoms with Crippen LogP contribution in [0.25, 0.3) is 0 Å². The Hall–Kier alpha value is 0.656. The molecule has 4 rings (SSSR count). The second-order valence-electron chi connectivity index (χ2n) is 11.5. The first kappa shape index (κ1) is 43.1. The van der Waals surface area contributed by atoms with Gasteiger partial charge < -0.3 is 88.4 Å². The third-order valence-corrected chi connectivity index (χ3v) is 8.87. The van der Waals surface area contributed by atoms with Gasteiger partial charge in [0.15, 0.2) is 18.9 Å². The Balaban J connectivity index is 0.00000625. The summed E-state index contributed by atoms with van der Waals surface area (Å²) in [4.78, 5) is 24.3. The molecule has 4 heterocycles. The number of ether oxygens (including phenoxy) is 8. The van der Waals surface area contributed by atoms with Crippen molar-refractivity contribution in [1.82, 2.24) is 5.32 Å². The number of carbonyl (C=O) groups excluding carboxylic acids is 1. The maximum atomic E-state index is 12.3. The van der Waals surface area contributed by atoms with E-state index in [0.29, 0.717) is 19.8 Å². The third-order valence-electron chi connectivity index (χ3n) is 7.90. The number of aliphatic hydroxyl groups excluding tert-OH is 5. The fourth-order valence-corrected chi connectivity index (χ4v) is 6.47. The quantitative estimate of drug-likeness (QED) is 0.0466. The molecule has 48 heavy (non-hydrogen) atoms. The summed E-state index contributed by atoms with van der Waals surface area (Å²) >= 11 is 0. The molecule has 8 N–H and O–H groups in total. The van der Waals surface area contributed by atoms with Gasteiger partial charge in [0.05, 0.1) is 58.5 Å². The molecule has 0 radical (unpaired) electrons. The van der Waals surface area contributed by atoms with Crippen molar-refractivity contribution in [3.8, 4) is 0 Å². The molecular formula is C26H46KN2O18P. The summed E-state index contributed by atoms with van der Waals surface area (Å²) in [6.07, 6.45) is -18.2. The Kier molecular flexibility index (Phi) is 18.1. The monoisotopic (exact) mass is 744 g/mol. The summed E-state index contributed by atoms with van der Waals surface area (Å²) in [5.74, 6) is -0.562. The molecule has 20 nitrogen and oxygen atoms in total. The Morgan fingerprint density at radius 3 is 2.27 bits per heavy atom. The van der Waals surface area contributed by atoms with E-state index in [1.54, 1.807) is 0 Å². The van der Waals surface area contributed by atoms with E-state index in [1.807, 2.05) is 0 Å². The van der Waals surface area contributed by atoms with Crippen LogP contribution < -0.4 is 67.3 Å². The van der Waals surface area contributed by atoms with Crippen molar-refractivity contribution in [1.29, 1.82) is 0 Å². The summed E-state index contributed by atoms with van der Waals surface area (Å²) < 4.78 is 67.6. The van der Waals surface area contributed by atoms with Crippen LogP contribution in [-0.2, 0) is 56.3 Å². The Labute approximate surface area is 319 Å². The maximum absolute atomic E-state index is 12.3. The second-order valence-corrected chi connectivity index (χ2v) is 12.8. The molecule has 4 saturated heterocycles. The zero-order valence-electron chi connectivity index (χ0n) is 27.0. The van der Waals surface area contributed by atoms with Crippen LogP contribution in [-0.4, -0.2) is 170 Å². The summed E-state index contributed by atoms with van der Waals surface area (Å²) in [5.41, 5.74) is 5.37. The normalized spacial score (nSPS) is 43.2. The Morgan fingerprint density at radius 2 is 1.60 bits per heavy atom. The number of aliphatic hydroxyl groups is 5. The van der Waals surface area contributed by atoms with Gasteiger partial charge in [-0.2, -0.15) is 0 Å². The number of phosphoric ester groups is 1. The molecule has 0 spiro atoms. The van der Waals surface area contributed by atoms with Gasteiger partial charge in [-0.05, 0) is 6.92 Å². The minimum absolute atomic E-state index is 0. The predicted molar refractivity (Wildman–Crippen MR) is 150 cm³/mol. The van der Waals surface area contributed by atoms with Crippen molar-refractivity contribution < 1.29 is 138 Å². The number of fused-ring (bicyclic) bond motifs is 1. The van der Waals surface area contributed by atoms with Gasteiger partial charge in [-0.1, -0.05) is 0 Å². The molecule has 1 amide bonds. The average molecular weight is 745 g/mol. The third kappa shape index (κ3) is 11.6. The summed E-state index contributed by atoms with van der Waals surface area (Å²) in [7, 11) is -4.82. The molecule has 274 valence electrons. The molecule has 0 aromatic rings. The van der Waals surface area contributed by atoms with Gasteiger partial charge in [0, 0.05) is 19.9 Å². The van der Waals surface area contributed by atoms with Gasteiger partial charge in [0.25, 0.3) is 7.82 Å². The van der Waals surface area contributed by atoms with Crippen molar-refractivity contribution in [2.24, 2.45) is 5.73 Å². The molecule has 0 saturated carbocycles.